The third-order valence-electron chi connectivity index (χ3n) is 2.29. The molecule has 0 aliphatic heterocycles. The van der Waals surface area contributed by atoms with Crippen LogP contribution in [0.4, 0.5) is 0 Å². The quantitative estimate of drug-likeness (QED) is 0.571. The van der Waals surface area contributed by atoms with Crippen LogP contribution in [-0.4, -0.2) is 17.9 Å². The minimum atomic E-state index is -0.141. The molecule has 0 saturated carbocycles. The van der Waals surface area contributed by atoms with E-state index in [1.165, 1.54) is 7.11 Å². The van der Waals surface area contributed by atoms with Crippen LogP contribution in [0.5, 0.6) is 0 Å². The van der Waals surface area contributed by atoms with Gasteiger partial charge >= 0.3 is 0 Å². The maximum absolute atomic E-state index is 11.9. The largest absolute Gasteiger partial charge is 0.280 e. The van der Waals surface area contributed by atoms with Crippen LogP contribution in [0.2, 0.25) is 0 Å². The Hall–Kier alpha value is -0.920. The van der Waals surface area contributed by atoms with E-state index in [0.717, 1.165) is 21.5 Å². The third kappa shape index (κ3) is 2.55. The average molecular weight is 225 g/mol. The number of rotatable bonds is 2. The first-order chi connectivity index (χ1) is 6.97. The van der Waals surface area contributed by atoms with Gasteiger partial charge in [0.2, 0.25) is 0 Å². The molecule has 15 heavy (non-hydrogen) atoms. The van der Waals surface area contributed by atoms with Crippen LogP contribution < -0.4 is 0 Å². The fourth-order valence-corrected chi connectivity index (χ4v) is 1.84. The molecule has 1 rings (SSSR count). The second-order valence-corrected chi connectivity index (χ2v) is 4.06. The number of hydroxylamine groups is 1. The van der Waals surface area contributed by atoms with E-state index in [4.69, 9.17) is 4.84 Å². The van der Waals surface area contributed by atoms with Crippen LogP contribution in [0.25, 0.3) is 0 Å². The summed E-state index contributed by atoms with van der Waals surface area (Å²) in [5.74, 6) is -0.141. The monoisotopic (exact) mass is 225 g/mol. The van der Waals surface area contributed by atoms with Crippen LogP contribution in [0, 0.1) is 20.8 Å². The molecule has 1 aromatic carbocycles. The molecule has 1 atom stereocenters. The Kier molecular flexibility index (Phi) is 3.83. The lowest BCUT2D eigenvalue weighted by Crippen LogP contribution is -2.21. The molecule has 0 spiro atoms. The fourth-order valence-electron chi connectivity index (χ4n) is 1.71. The number of aryl methyl sites for hydroxylation is 3. The molecule has 1 unspecified atom stereocenters. The summed E-state index contributed by atoms with van der Waals surface area (Å²) in [5.41, 5.74) is 3.82. The first-order valence-electron chi connectivity index (χ1n) is 4.68. The number of hydrogen-bond donors (Lipinski definition) is 0. The van der Waals surface area contributed by atoms with Crippen LogP contribution in [0.15, 0.2) is 12.1 Å². The Bertz CT molecular complexity index is 367. The average Bonchev–Trinajstić information content (AvgIpc) is 2.14. The molecule has 0 aliphatic carbocycles. The first kappa shape index (κ1) is 12.2. The van der Waals surface area contributed by atoms with Crippen molar-refractivity contribution in [3.63, 3.8) is 0 Å². The number of amides is 1. The predicted molar refractivity (Wildman–Crippen MR) is 63.5 cm³/mol. The zero-order valence-corrected chi connectivity index (χ0v) is 10.7. The molecule has 82 valence electrons. The lowest BCUT2D eigenvalue weighted by atomic mass is 9.99. The first-order valence-corrected chi connectivity index (χ1v) is 5.20. The lowest BCUT2D eigenvalue weighted by Gasteiger charge is -2.17. The van der Waals surface area contributed by atoms with Gasteiger partial charge in [-0.15, -0.1) is 0 Å². The van der Waals surface area contributed by atoms with Crippen LogP contribution in [0.1, 0.15) is 27.0 Å². The molecule has 0 N–H and O–H groups in total. The maximum atomic E-state index is 11.9. The van der Waals surface area contributed by atoms with Crippen molar-refractivity contribution in [1.29, 1.82) is 0 Å². The van der Waals surface area contributed by atoms with E-state index in [0.29, 0.717) is 5.56 Å². The van der Waals surface area contributed by atoms with E-state index in [2.05, 4.69) is 9.39 Å². The summed E-state index contributed by atoms with van der Waals surface area (Å²) in [7, 11) is 3.70. The number of carbonyl (C=O) groups is 1. The fraction of sp³-hybridized carbons (Fsp3) is 0.364. The van der Waals surface area contributed by atoms with Crippen molar-refractivity contribution in [2.45, 2.75) is 20.8 Å². The Balaban J connectivity index is 3.20. The molecular formula is C11H16NO2P. The molecule has 0 bridgehead atoms. The van der Waals surface area contributed by atoms with Crippen molar-refractivity contribution >= 4 is 15.3 Å². The van der Waals surface area contributed by atoms with E-state index in [1.807, 2.05) is 32.9 Å². The highest BCUT2D eigenvalue weighted by Gasteiger charge is 2.16. The second kappa shape index (κ2) is 4.73. The Morgan fingerprint density at radius 2 is 1.73 bits per heavy atom. The van der Waals surface area contributed by atoms with Gasteiger partial charge in [0.1, 0.15) is 0 Å². The summed E-state index contributed by atoms with van der Waals surface area (Å²) in [6, 6.07) is 3.99. The summed E-state index contributed by atoms with van der Waals surface area (Å²) in [6.07, 6.45) is 0. The number of hydrogen-bond acceptors (Lipinski definition) is 2. The van der Waals surface area contributed by atoms with Gasteiger partial charge in [0, 0.05) is 5.56 Å². The van der Waals surface area contributed by atoms with Gasteiger partial charge < -0.3 is 0 Å². The smallest absolute Gasteiger partial charge is 0.271 e. The Labute approximate surface area is 92.6 Å². The Morgan fingerprint density at radius 3 is 2.13 bits per heavy atom. The van der Waals surface area contributed by atoms with E-state index >= 15 is 0 Å². The van der Waals surface area contributed by atoms with Crippen molar-refractivity contribution in [2.75, 3.05) is 7.11 Å². The highest BCUT2D eigenvalue weighted by atomic mass is 31.0. The zero-order valence-electron chi connectivity index (χ0n) is 9.50. The third-order valence-corrected chi connectivity index (χ3v) is 2.73. The standard InChI is InChI=1S/C11H16NO2P/c1-7-5-8(2)10(9(3)6-7)11(13)12(15)14-4/h5-6H,15H2,1-4H3. The maximum Gasteiger partial charge on any atom is 0.280 e. The summed E-state index contributed by atoms with van der Waals surface area (Å²) in [4.78, 5) is 17.9. The van der Waals surface area contributed by atoms with Crippen molar-refractivity contribution in [1.82, 2.24) is 4.83 Å². The van der Waals surface area contributed by atoms with Gasteiger partial charge in [-0.25, -0.2) is 4.83 Å². The molecule has 4 heteroatoms. The van der Waals surface area contributed by atoms with Crippen molar-refractivity contribution in [3.05, 3.63) is 34.4 Å². The minimum Gasteiger partial charge on any atom is -0.271 e. The van der Waals surface area contributed by atoms with E-state index in [9.17, 15) is 4.79 Å². The van der Waals surface area contributed by atoms with Crippen LogP contribution in [-0.2, 0) is 4.84 Å². The summed E-state index contributed by atoms with van der Waals surface area (Å²) in [6.45, 7) is 5.88. The normalized spacial score (nSPS) is 10.2. The summed E-state index contributed by atoms with van der Waals surface area (Å²) < 4.78 is 0. The molecule has 0 aliphatic rings. The molecule has 0 radical (unpaired) electrons. The van der Waals surface area contributed by atoms with Crippen molar-refractivity contribution in [3.8, 4) is 0 Å². The number of nitrogens with zero attached hydrogens (tertiary/aromatic N) is 1. The number of benzene rings is 1. The summed E-state index contributed by atoms with van der Waals surface area (Å²) >= 11 is 0. The molecular weight excluding hydrogens is 209 g/mol. The van der Waals surface area contributed by atoms with Crippen LogP contribution >= 0.6 is 9.39 Å². The van der Waals surface area contributed by atoms with E-state index < -0.39 is 0 Å². The van der Waals surface area contributed by atoms with Gasteiger partial charge in [0.15, 0.2) is 0 Å². The molecule has 1 aromatic rings. The molecule has 0 fully saturated rings. The van der Waals surface area contributed by atoms with E-state index in [1.54, 1.807) is 0 Å². The van der Waals surface area contributed by atoms with Gasteiger partial charge in [0.05, 0.1) is 7.11 Å². The van der Waals surface area contributed by atoms with Crippen molar-refractivity contribution in [2.24, 2.45) is 0 Å². The highest BCUT2D eigenvalue weighted by molar-refractivity contribution is 7.14. The molecule has 3 nitrogen and oxygen atoms in total. The Morgan fingerprint density at radius 1 is 1.27 bits per heavy atom. The lowest BCUT2D eigenvalue weighted by molar-refractivity contribution is -0.0214. The molecule has 0 saturated heterocycles. The van der Waals surface area contributed by atoms with Crippen LogP contribution in [0.3, 0.4) is 0 Å². The second-order valence-electron chi connectivity index (χ2n) is 3.59. The van der Waals surface area contributed by atoms with Crippen molar-refractivity contribution < 1.29 is 9.63 Å². The topological polar surface area (TPSA) is 29.5 Å². The van der Waals surface area contributed by atoms with Gasteiger partial charge in [-0.3, -0.25) is 9.63 Å². The van der Waals surface area contributed by atoms with Gasteiger partial charge in [-0.05, 0) is 41.3 Å². The van der Waals surface area contributed by atoms with Gasteiger partial charge in [0.25, 0.3) is 5.91 Å². The summed E-state index contributed by atoms with van der Waals surface area (Å²) in [5, 5.41) is 0. The minimum absolute atomic E-state index is 0.141. The number of carbonyl (C=O) groups excluding carboxylic acids is 1. The van der Waals surface area contributed by atoms with E-state index in [-0.39, 0.29) is 5.91 Å². The predicted octanol–water partition coefficient (Wildman–Crippen LogP) is 2.41. The zero-order chi connectivity index (χ0) is 11.6. The molecule has 0 heterocycles. The van der Waals surface area contributed by atoms with Gasteiger partial charge in [-0.1, -0.05) is 17.7 Å². The van der Waals surface area contributed by atoms with Gasteiger partial charge in [-0.2, -0.15) is 0 Å². The molecule has 1 amide bonds. The molecule has 0 aromatic heterocycles. The highest BCUT2D eigenvalue weighted by Crippen LogP contribution is 2.19. The SMILES string of the molecule is CON(P)C(=O)c1c(C)cc(C)cc1C.